The first-order chi connectivity index (χ1) is 12.3. The van der Waals surface area contributed by atoms with E-state index in [-0.39, 0.29) is 17.3 Å². The van der Waals surface area contributed by atoms with E-state index in [1.807, 2.05) is 31.2 Å². The van der Waals surface area contributed by atoms with Crippen molar-refractivity contribution in [3.63, 3.8) is 0 Å². The van der Waals surface area contributed by atoms with Gasteiger partial charge in [-0.3, -0.25) is 4.79 Å². The number of carbonyl (C=O) groups excluding carboxylic acids is 1. The molecule has 0 heterocycles. The molecular weight excluding hydrogens is 352 g/mol. The maximum absolute atomic E-state index is 12.6. The lowest BCUT2D eigenvalue weighted by atomic mass is 10.1. The second kappa shape index (κ2) is 8.93. The summed E-state index contributed by atoms with van der Waals surface area (Å²) in [5.74, 6) is -0.324. The SMILES string of the molecule is COCCNC(=O)c1cc(S(=O)(=O)NCc2ccc(C)cc2)ccc1C. The number of sulfonamides is 1. The molecule has 7 heteroatoms. The van der Waals surface area contributed by atoms with Crippen LogP contribution in [0.15, 0.2) is 47.4 Å². The maximum atomic E-state index is 12.6. The predicted octanol–water partition coefficient (Wildman–Crippen LogP) is 2.16. The van der Waals surface area contributed by atoms with E-state index in [1.165, 1.54) is 12.1 Å². The van der Waals surface area contributed by atoms with Gasteiger partial charge in [0.2, 0.25) is 10.0 Å². The van der Waals surface area contributed by atoms with Gasteiger partial charge in [-0.1, -0.05) is 35.9 Å². The summed E-state index contributed by atoms with van der Waals surface area (Å²) < 4.78 is 32.6. The first kappa shape index (κ1) is 20.1. The van der Waals surface area contributed by atoms with Crippen LogP contribution in [-0.4, -0.2) is 34.6 Å². The molecule has 140 valence electrons. The van der Waals surface area contributed by atoms with Crippen molar-refractivity contribution in [2.75, 3.05) is 20.3 Å². The summed E-state index contributed by atoms with van der Waals surface area (Å²) in [6, 6.07) is 12.1. The molecule has 0 spiro atoms. The van der Waals surface area contributed by atoms with E-state index >= 15 is 0 Å². The number of hydrogen-bond donors (Lipinski definition) is 2. The minimum Gasteiger partial charge on any atom is -0.383 e. The van der Waals surface area contributed by atoms with Crippen LogP contribution in [0.2, 0.25) is 0 Å². The van der Waals surface area contributed by atoms with E-state index in [9.17, 15) is 13.2 Å². The van der Waals surface area contributed by atoms with Gasteiger partial charge in [-0.05, 0) is 37.1 Å². The molecule has 0 aromatic heterocycles. The van der Waals surface area contributed by atoms with Gasteiger partial charge < -0.3 is 10.1 Å². The molecular formula is C19H24N2O4S. The Labute approximate surface area is 154 Å². The number of nitrogens with one attached hydrogen (secondary N) is 2. The summed E-state index contributed by atoms with van der Waals surface area (Å²) >= 11 is 0. The Hall–Kier alpha value is -2.22. The summed E-state index contributed by atoms with van der Waals surface area (Å²) in [5.41, 5.74) is 3.01. The highest BCUT2D eigenvalue weighted by molar-refractivity contribution is 7.89. The second-order valence-corrected chi connectivity index (χ2v) is 7.80. The average molecular weight is 376 g/mol. The Morgan fingerprint density at radius 1 is 1.08 bits per heavy atom. The summed E-state index contributed by atoms with van der Waals surface area (Å²) in [6.45, 7) is 4.67. The topological polar surface area (TPSA) is 84.5 Å². The Bertz CT molecular complexity index is 862. The standard InChI is InChI=1S/C19H24N2O4S/c1-14-4-7-16(8-5-14)13-21-26(23,24)17-9-6-15(2)18(12-17)19(22)20-10-11-25-3/h4-9,12,21H,10-11,13H2,1-3H3,(H,20,22). The number of carbonyl (C=O) groups is 1. The molecule has 1 amide bonds. The first-order valence-electron chi connectivity index (χ1n) is 8.26. The van der Waals surface area contributed by atoms with E-state index in [0.29, 0.717) is 24.3 Å². The predicted molar refractivity (Wildman–Crippen MR) is 101 cm³/mol. The molecule has 6 nitrogen and oxygen atoms in total. The summed E-state index contributed by atoms with van der Waals surface area (Å²) in [7, 11) is -2.18. The zero-order chi connectivity index (χ0) is 19.2. The normalized spacial score (nSPS) is 11.3. The molecule has 0 unspecified atom stereocenters. The van der Waals surface area contributed by atoms with Crippen LogP contribution in [0.5, 0.6) is 0 Å². The summed E-state index contributed by atoms with van der Waals surface area (Å²) in [6.07, 6.45) is 0. The third kappa shape index (κ3) is 5.39. The molecule has 0 aliphatic rings. The zero-order valence-electron chi connectivity index (χ0n) is 15.2. The molecule has 2 rings (SSSR count). The molecule has 0 fully saturated rings. The van der Waals surface area contributed by atoms with Gasteiger partial charge in [-0.25, -0.2) is 13.1 Å². The van der Waals surface area contributed by atoms with Crippen LogP contribution in [-0.2, 0) is 21.3 Å². The third-order valence-corrected chi connectivity index (χ3v) is 5.34. The first-order valence-corrected chi connectivity index (χ1v) is 9.75. The molecule has 0 atom stereocenters. The van der Waals surface area contributed by atoms with Crippen molar-refractivity contribution >= 4 is 15.9 Å². The quantitative estimate of drug-likeness (QED) is 0.692. The highest BCUT2D eigenvalue weighted by Crippen LogP contribution is 2.16. The molecule has 0 saturated carbocycles. The maximum Gasteiger partial charge on any atom is 0.251 e. The van der Waals surface area contributed by atoms with Crippen molar-refractivity contribution in [2.24, 2.45) is 0 Å². The Kier molecular flexibility index (Phi) is 6.90. The number of rotatable bonds is 8. The minimum atomic E-state index is -3.72. The molecule has 0 saturated heterocycles. The number of methoxy groups -OCH3 is 1. The lowest BCUT2D eigenvalue weighted by Crippen LogP contribution is -2.28. The number of aryl methyl sites for hydroxylation is 2. The van der Waals surface area contributed by atoms with Crippen molar-refractivity contribution < 1.29 is 17.9 Å². The Morgan fingerprint density at radius 3 is 2.42 bits per heavy atom. The van der Waals surface area contributed by atoms with E-state index in [4.69, 9.17) is 4.74 Å². The van der Waals surface area contributed by atoms with Gasteiger partial charge in [-0.15, -0.1) is 0 Å². The van der Waals surface area contributed by atoms with E-state index in [0.717, 1.165) is 11.1 Å². The van der Waals surface area contributed by atoms with Crippen molar-refractivity contribution in [1.82, 2.24) is 10.0 Å². The molecule has 2 aromatic carbocycles. The molecule has 2 N–H and O–H groups in total. The lowest BCUT2D eigenvalue weighted by molar-refractivity contribution is 0.0936. The fraction of sp³-hybridized carbons (Fsp3) is 0.316. The van der Waals surface area contributed by atoms with E-state index in [2.05, 4.69) is 10.0 Å². The fourth-order valence-corrected chi connectivity index (χ4v) is 3.39. The Morgan fingerprint density at radius 2 is 1.77 bits per heavy atom. The molecule has 2 aromatic rings. The van der Waals surface area contributed by atoms with Crippen molar-refractivity contribution in [1.29, 1.82) is 0 Å². The van der Waals surface area contributed by atoms with Crippen molar-refractivity contribution in [3.05, 3.63) is 64.7 Å². The number of ether oxygens (including phenoxy) is 1. The zero-order valence-corrected chi connectivity index (χ0v) is 16.0. The average Bonchev–Trinajstić information content (AvgIpc) is 2.61. The van der Waals surface area contributed by atoms with Gasteiger partial charge in [0.05, 0.1) is 11.5 Å². The van der Waals surface area contributed by atoms with Crippen LogP contribution < -0.4 is 10.0 Å². The molecule has 0 aliphatic carbocycles. The van der Waals surface area contributed by atoms with Gasteiger partial charge in [-0.2, -0.15) is 0 Å². The number of amides is 1. The third-order valence-electron chi connectivity index (χ3n) is 3.94. The summed E-state index contributed by atoms with van der Waals surface area (Å²) in [5, 5.41) is 2.70. The van der Waals surface area contributed by atoms with Crippen molar-refractivity contribution in [2.45, 2.75) is 25.3 Å². The van der Waals surface area contributed by atoms with Gasteiger partial charge >= 0.3 is 0 Å². The molecule has 26 heavy (non-hydrogen) atoms. The van der Waals surface area contributed by atoms with E-state index < -0.39 is 10.0 Å². The van der Waals surface area contributed by atoms with Crippen LogP contribution in [0, 0.1) is 13.8 Å². The van der Waals surface area contributed by atoms with Crippen LogP contribution in [0.3, 0.4) is 0 Å². The largest absolute Gasteiger partial charge is 0.383 e. The lowest BCUT2D eigenvalue weighted by Gasteiger charge is -2.11. The number of benzene rings is 2. The molecule has 0 bridgehead atoms. The van der Waals surface area contributed by atoms with Gasteiger partial charge in [0, 0.05) is 25.8 Å². The summed E-state index contributed by atoms with van der Waals surface area (Å²) in [4.78, 5) is 12.3. The monoisotopic (exact) mass is 376 g/mol. The smallest absolute Gasteiger partial charge is 0.251 e. The number of hydrogen-bond acceptors (Lipinski definition) is 4. The minimum absolute atomic E-state index is 0.0621. The van der Waals surface area contributed by atoms with Crippen LogP contribution in [0.25, 0.3) is 0 Å². The van der Waals surface area contributed by atoms with Gasteiger partial charge in [0.25, 0.3) is 5.91 Å². The Balaban J connectivity index is 2.14. The van der Waals surface area contributed by atoms with E-state index in [1.54, 1.807) is 20.1 Å². The van der Waals surface area contributed by atoms with Crippen LogP contribution in [0.1, 0.15) is 27.0 Å². The molecule has 0 aliphatic heterocycles. The van der Waals surface area contributed by atoms with Crippen molar-refractivity contribution in [3.8, 4) is 0 Å². The molecule has 0 radical (unpaired) electrons. The van der Waals surface area contributed by atoms with Crippen LogP contribution >= 0.6 is 0 Å². The highest BCUT2D eigenvalue weighted by atomic mass is 32.2. The highest BCUT2D eigenvalue weighted by Gasteiger charge is 2.17. The van der Waals surface area contributed by atoms with Gasteiger partial charge in [0.1, 0.15) is 0 Å². The van der Waals surface area contributed by atoms with Gasteiger partial charge in [0.15, 0.2) is 0 Å². The van der Waals surface area contributed by atoms with Crippen LogP contribution in [0.4, 0.5) is 0 Å². The second-order valence-electron chi connectivity index (χ2n) is 6.04. The fourth-order valence-electron chi connectivity index (χ4n) is 2.34.